The van der Waals surface area contributed by atoms with Crippen LogP contribution in [0.25, 0.3) is 0 Å². The molecule has 0 aromatic heterocycles. The van der Waals surface area contributed by atoms with Crippen LogP contribution in [0.3, 0.4) is 0 Å². The van der Waals surface area contributed by atoms with Crippen LogP contribution in [0.4, 0.5) is 0 Å². The van der Waals surface area contributed by atoms with Gasteiger partial charge in [0.2, 0.25) is 0 Å². The van der Waals surface area contributed by atoms with Crippen molar-refractivity contribution in [3.63, 3.8) is 0 Å². The van der Waals surface area contributed by atoms with E-state index < -0.39 is 0 Å². The molecule has 2 nitrogen and oxygen atoms in total. The van der Waals surface area contributed by atoms with E-state index in [0.29, 0.717) is 6.10 Å². The molecule has 0 aliphatic heterocycles. The highest BCUT2D eigenvalue weighted by Gasteiger charge is 2.28. The van der Waals surface area contributed by atoms with E-state index >= 15 is 0 Å². The zero-order valence-corrected chi connectivity index (χ0v) is 8.96. The summed E-state index contributed by atoms with van der Waals surface area (Å²) in [6.07, 6.45) is 5.38. The third-order valence-corrected chi connectivity index (χ3v) is 3.25. The summed E-state index contributed by atoms with van der Waals surface area (Å²) >= 11 is 0. The minimum atomic E-state index is 0.522. The van der Waals surface area contributed by atoms with Gasteiger partial charge in [0.25, 0.3) is 0 Å². The van der Waals surface area contributed by atoms with E-state index in [-0.39, 0.29) is 0 Å². The summed E-state index contributed by atoms with van der Waals surface area (Å²) < 4.78 is 5.80. The third-order valence-electron chi connectivity index (χ3n) is 3.25. The van der Waals surface area contributed by atoms with Crippen molar-refractivity contribution in [2.24, 2.45) is 17.6 Å². The van der Waals surface area contributed by atoms with Crippen molar-refractivity contribution in [1.82, 2.24) is 0 Å². The second kappa shape index (κ2) is 5.61. The lowest BCUT2D eigenvalue weighted by molar-refractivity contribution is -0.0432. The lowest BCUT2D eigenvalue weighted by atomic mass is 9.82. The molecular formula is C11H23NO. The van der Waals surface area contributed by atoms with Crippen molar-refractivity contribution < 1.29 is 4.74 Å². The number of ether oxygens (including phenoxy) is 1. The average molecular weight is 185 g/mol. The van der Waals surface area contributed by atoms with E-state index in [4.69, 9.17) is 10.5 Å². The summed E-state index contributed by atoms with van der Waals surface area (Å²) in [4.78, 5) is 0. The lowest BCUT2D eigenvalue weighted by Gasteiger charge is -2.35. The molecule has 1 rings (SSSR count). The molecule has 13 heavy (non-hydrogen) atoms. The maximum Gasteiger partial charge on any atom is 0.0581 e. The van der Waals surface area contributed by atoms with Gasteiger partial charge in [0.15, 0.2) is 0 Å². The van der Waals surface area contributed by atoms with Gasteiger partial charge in [-0.05, 0) is 31.2 Å². The Labute approximate surface area is 81.8 Å². The van der Waals surface area contributed by atoms with Crippen molar-refractivity contribution in [2.75, 3.05) is 13.2 Å². The van der Waals surface area contributed by atoms with Crippen molar-refractivity contribution in [2.45, 2.75) is 45.6 Å². The monoisotopic (exact) mass is 185 g/mol. The van der Waals surface area contributed by atoms with Crippen molar-refractivity contribution in [3.05, 3.63) is 0 Å². The van der Waals surface area contributed by atoms with Crippen molar-refractivity contribution in [3.8, 4) is 0 Å². The van der Waals surface area contributed by atoms with Crippen molar-refractivity contribution >= 4 is 0 Å². The van der Waals surface area contributed by atoms with Gasteiger partial charge < -0.3 is 10.5 Å². The van der Waals surface area contributed by atoms with Crippen LogP contribution in [0, 0.1) is 11.8 Å². The number of rotatable bonds is 6. The minimum Gasteiger partial charge on any atom is -0.378 e. The SMILES string of the molecule is CCC(CC)COC1CC(CN)C1. The molecule has 1 saturated carbocycles. The lowest BCUT2D eigenvalue weighted by Crippen LogP contribution is -2.36. The molecule has 0 saturated heterocycles. The first-order valence-electron chi connectivity index (χ1n) is 5.61. The smallest absolute Gasteiger partial charge is 0.0581 e. The summed E-state index contributed by atoms with van der Waals surface area (Å²) in [6, 6.07) is 0. The highest BCUT2D eigenvalue weighted by molar-refractivity contribution is 4.80. The zero-order valence-electron chi connectivity index (χ0n) is 8.96. The van der Waals surface area contributed by atoms with Crippen LogP contribution in [0.2, 0.25) is 0 Å². The molecule has 0 amide bonds. The van der Waals surface area contributed by atoms with Crippen LogP contribution < -0.4 is 5.73 Å². The van der Waals surface area contributed by atoms with Crippen LogP contribution >= 0.6 is 0 Å². The Bertz CT molecular complexity index is 128. The van der Waals surface area contributed by atoms with Gasteiger partial charge in [0.1, 0.15) is 0 Å². The molecular weight excluding hydrogens is 162 g/mol. The van der Waals surface area contributed by atoms with E-state index in [2.05, 4.69) is 13.8 Å². The molecule has 0 heterocycles. The fourth-order valence-corrected chi connectivity index (χ4v) is 1.80. The molecule has 2 N–H and O–H groups in total. The first-order valence-corrected chi connectivity index (χ1v) is 5.61. The highest BCUT2D eigenvalue weighted by atomic mass is 16.5. The number of hydrogen-bond acceptors (Lipinski definition) is 2. The second-order valence-electron chi connectivity index (χ2n) is 4.21. The van der Waals surface area contributed by atoms with Gasteiger partial charge in [0, 0.05) is 6.61 Å². The summed E-state index contributed by atoms with van der Waals surface area (Å²) in [5, 5.41) is 0. The van der Waals surface area contributed by atoms with E-state index in [1.807, 2.05) is 0 Å². The Morgan fingerprint density at radius 2 is 1.92 bits per heavy atom. The van der Waals surface area contributed by atoms with Gasteiger partial charge in [-0.2, -0.15) is 0 Å². The molecule has 0 spiro atoms. The molecule has 0 atom stereocenters. The molecule has 78 valence electrons. The third kappa shape index (κ3) is 3.28. The molecule has 0 aromatic carbocycles. The molecule has 0 aromatic rings. The normalized spacial score (nSPS) is 27.7. The van der Waals surface area contributed by atoms with Crippen LogP contribution in [0.5, 0.6) is 0 Å². The topological polar surface area (TPSA) is 35.2 Å². The van der Waals surface area contributed by atoms with Crippen LogP contribution in [-0.2, 0) is 4.74 Å². The Balaban J connectivity index is 2.01. The average Bonchev–Trinajstić information content (AvgIpc) is 2.09. The Kier molecular flexibility index (Phi) is 4.74. The number of hydrogen-bond donors (Lipinski definition) is 1. The highest BCUT2D eigenvalue weighted by Crippen LogP contribution is 2.29. The van der Waals surface area contributed by atoms with E-state index in [1.165, 1.54) is 25.7 Å². The molecule has 0 bridgehead atoms. The van der Waals surface area contributed by atoms with Gasteiger partial charge in [-0.3, -0.25) is 0 Å². The zero-order chi connectivity index (χ0) is 9.68. The standard InChI is InChI=1S/C11H23NO/c1-3-9(4-2)8-13-11-5-10(6-11)7-12/h9-11H,3-8,12H2,1-2H3. The Hall–Kier alpha value is -0.0800. The Morgan fingerprint density at radius 1 is 1.31 bits per heavy atom. The summed E-state index contributed by atoms with van der Waals surface area (Å²) in [5.74, 6) is 1.50. The van der Waals surface area contributed by atoms with Gasteiger partial charge in [-0.15, -0.1) is 0 Å². The van der Waals surface area contributed by atoms with E-state index in [0.717, 1.165) is 25.0 Å². The van der Waals surface area contributed by atoms with Crippen LogP contribution in [-0.4, -0.2) is 19.3 Å². The summed E-state index contributed by atoms with van der Waals surface area (Å²) in [7, 11) is 0. The second-order valence-corrected chi connectivity index (χ2v) is 4.21. The van der Waals surface area contributed by atoms with E-state index in [9.17, 15) is 0 Å². The quantitative estimate of drug-likeness (QED) is 0.688. The summed E-state index contributed by atoms with van der Waals surface area (Å²) in [5.41, 5.74) is 5.55. The molecule has 1 aliphatic carbocycles. The largest absolute Gasteiger partial charge is 0.378 e. The summed E-state index contributed by atoms with van der Waals surface area (Å²) in [6.45, 7) is 6.27. The first kappa shape index (κ1) is 11.0. The molecule has 1 aliphatic rings. The van der Waals surface area contributed by atoms with Gasteiger partial charge in [-0.1, -0.05) is 26.7 Å². The maximum atomic E-state index is 5.80. The minimum absolute atomic E-state index is 0.522. The van der Waals surface area contributed by atoms with E-state index in [1.54, 1.807) is 0 Å². The Morgan fingerprint density at radius 3 is 2.38 bits per heavy atom. The van der Waals surface area contributed by atoms with Gasteiger partial charge >= 0.3 is 0 Å². The van der Waals surface area contributed by atoms with Gasteiger partial charge in [0.05, 0.1) is 6.10 Å². The fourth-order valence-electron chi connectivity index (χ4n) is 1.80. The first-order chi connectivity index (χ1) is 6.30. The molecule has 0 radical (unpaired) electrons. The maximum absolute atomic E-state index is 5.80. The molecule has 2 heteroatoms. The number of nitrogens with two attached hydrogens (primary N) is 1. The molecule has 1 fully saturated rings. The molecule has 0 unspecified atom stereocenters. The van der Waals surface area contributed by atoms with Crippen LogP contribution in [0.15, 0.2) is 0 Å². The predicted molar refractivity (Wildman–Crippen MR) is 55.6 cm³/mol. The van der Waals surface area contributed by atoms with Crippen LogP contribution in [0.1, 0.15) is 39.5 Å². The predicted octanol–water partition coefficient (Wildman–Crippen LogP) is 2.18. The fraction of sp³-hybridized carbons (Fsp3) is 1.00. The van der Waals surface area contributed by atoms with Crippen molar-refractivity contribution in [1.29, 1.82) is 0 Å². The van der Waals surface area contributed by atoms with Gasteiger partial charge in [-0.25, -0.2) is 0 Å².